The molecular formula is C10H7Br2N. The molecule has 0 radical (unpaired) electrons. The molecule has 1 nitrogen and oxygen atoms in total. The summed E-state index contributed by atoms with van der Waals surface area (Å²) in [6.45, 7) is 2.06. The Kier molecular flexibility index (Phi) is 2.39. The van der Waals surface area contributed by atoms with Crippen molar-refractivity contribution in [2.45, 2.75) is 6.92 Å². The quantitative estimate of drug-likeness (QED) is 0.715. The van der Waals surface area contributed by atoms with E-state index in [9.17, 15) is 0 Å². The van der Waals surface area contributed by atoms with Crippen molar-refractivity contribution in [1.29, 1.82) is 0 Å². The molecule has 66 valence electrons. The van der Waals surface area contributed by atoms with Gasteiger partial charge in [0.2, 0.25) is 0 Å². The maximum absolute atomic E-state index is 4.36. The molecule has 2 rings (SSSR count). The zero-order valence-corrected chi connectivity index (χ0v) is 10.2. The lowest BCUT2D eigenvalue weighted by Crippen LogP contribution is -1.84. The number of benzene rings is 1. The van der Waals surface area contributed by atoms with Crippen LogP contribution in [-0.4, -0.2) is 4.98 Å². The maximum Gasteiger partial charge on any atom is 0.0743 e. The van der Waals surface area contributed by atoms with E-state index in [4.69, 9.17) is 0 Å². The number of aromatic nitrogens is 1. The Morgan fingerprint density at radius 3 is 2.77 bits per heavy atom. The lowest BCUT2D eigenvalue weighted by Gasteiger charge is -2.03. The van der Waals surface area contributed by atoms with Crippen LogP contribution in [0.1, 0.15) is 5.56 Å². The molecule has 0 aliphatic rings. The molecule has 2 aromatic rings. The molecule has 0 saturated heterocycles. The topological polar surface area (TPSA) is 12.9 Å². The van der Waals surface area contributed by atoms with Gasteiger partial charge >= 0.3 is 0 Å². The smallest absolute Gasteiger partial charge is 0.0743 e. The first-order chi connectivity index (χ1) is 6.18. The Morgan fingerprint density at radius 2 is 2.00 bits per heavy atom. The highest BCUT2D eigenvalue weighted by Crippen LogP contribution is 2.25. The van der Waals surface area contributed by atoms with Crippen LogP contribution in [0.3, 0.4) is 0 Å². The summed E-state index contributed by atoms with van der Waals surface area (Å²) in [4.78, 5) is 4.36. The van der Waals surface area contributed by atoms with Gasteiger partial charge in [-0.3, -0.25) is 4.98 Å². The SMILES string of the molecule is Cc1c(Br)ccc2cc(Br)cnc12. The highest BCUT2D eigenvalue weighted by molar-refractivity contribution is 9.10. The van der Waals surface area contributed by atoms with E-state index >= 15 is 0 Å². The van der Waals surface area contributed by atoms with E-state index in [2.05, 4.69) is 55.9 Å². The number of hydrogen-bond donors (Lipinski definition) is 0. The minimum Gasteiger partial charge on any atom is -0.255 e. The van der Waals surface area contributed by atoms with E-state index in [0.717, 1.165) is 19.8 Å². The molecule has 1 aromatic carbocycles. The fourth-order valence-corrected chi connectivity index (χ4v) is 1.97. The van der Waals surface area contributed by atoms with Gasteiger partial charge in [0.15, 0.2) is 0 Å². The first-order valence-electron chi connectivity index (χ1n) is 3.89. The molecule has 0 fully saturated rings. The number of halogens is 2. The molecule has 1 aromatic heterocycles. The van der Waals surface area contributed by atoms with Crippen LogP contribution in [0.25, 0.3) is 10.9 Å². The number of fused-ring (bicyclic) bond motifs is 1. The maximum atomic E-state index is 4.36. The highest BCUT2D eigenvalue weighted by Gasteiger charge is 2.02. The Bertz CT molecular complexity index is 466. The molecule has 3 heteroatoms. The molecule has 0 bridgehead atoms. The Hall–Kier alpha value is -0.410. The van der Waals surface area contributed by atoms with E-state index < -0.39 is 0 Å². The average molecular weight is 301 g/mol. The molecule has 1 heterocycles. The molecule has 0 saturated carbocycles. The monoisotopic (exact) mass is 299 g/mol. The van der Waals surface area contributed by atoms with E-state index in [1.165, 1.54) is 5.56 Å². The van der Waals surface area contributed by atoms with Gasteiger partial charge in [-0.25, -0.2) is 0 Å². The number of rotatable bonds is 0. The van der Waals surface area contributed by atoms with Crippen LogP contribution in [0.4, 0.5) is 0 Å². The third kappa shape index (κ3) is 1.63. The van der Waals surface area contributed by atoms with Crippen LogP contribution in [0.2, 0.25) is 0 Å². The molecule has 0 aliphatic carbocycles. The van der Waals surface area contributed by atoms with Crippen LogP contribution in [-0.2, 0) is 0 Å². The molecule has 0 N–H and O–H groups in total. The fourth-order valence-electron chi connectivity index (χ4n) is 1.30. The van der Waals surface area contributed by atoms with Crippen LogP contribution < -0.4 is 0 Å². The number of pyridine rings is 1. The minimum absolute atomic E-state index is 1.02. The lowest BCUT2D eigenvalue weighted by atomic mass is 10.1. The van der Waals surface area contributed by atoms with Crippen molar-refractivity contribution in [2.75, 3.05) is 0 Å². The predicted octanol–water partition coefficient (Wildman–Crippen LogP) is 4.07. The Labute approximate surface area is 93.4 Å². The van der Waals surface area contributed by atoms with Gasteiger partial charge in [-0.1, -0.05) is 22.0 Å². The second-order valence-electron chi connectivity index (χ2n) is 2.90. The van der Waals surface area contributed by atoms with E-state index in [-0.39, 0.29) is 0 Å². The zero-order chi connectivity index (χ0) is 9.42. The second kappa shape index (κ2) is 3.39. The lowest BCUT2D eigenvalue weighted by molar-refractivity contribution is 1.34. The molecule has 0 aliphatic heterocycles. The Balaban J connectivity index is 2.87. The van der Waals surface area contributed by atoms with Crippen LogP contribution in [0.5, 0.6) is 0 Å². The summed E-state index contributed by atoms with van der Waals surface area (Å²) in [6.07, 6.45) is 1.82. The van der Waals surface area contributed by atoms with Gasteiger partial charge in [0.25, 0.3) is 0 Å². The molecule has 13 heavy (non-hydrogen) atoms. The van der Waals surface area contributed by atoms with Gasteiger partial charge in [0, 0.05) is 20.5 Å². The number of nitrogens with zero attached hydrogens (tertiary/aromatic N) is 1. The van der Waals surface area contributed by atoms with Crippen LogP contribution in [0, 0.1) is 6.92 Å². The van der Waals surface area contributed by atoms with Gasteiger partial charge in [0.1, 0.15) is 0 Å². The largest absolute Gasteiger partial charge is 0.255 e. The summed E-state index contributed by atoms with van der Waals surface area (Å²) in [7, 11) is 0. The van der Waals surface area contributed by atoms with Gasteiger partial charge in [-0.2, -0.15) is 0 Å². The molecular weight excluding hydrogens is 294 g/mol. The number of hydrogen-bond acceptors (Lipinski definition) is 1. The first-order valence-corrected chi connectivity index (χ1v) is 5.47. The second-order valence-corrected chi connectivity index (χ2v) is 4.67. The van der Waals surface area contributed by atoms with Gasteiger partial charge < -0.3 is 0 Å². The summed E-state index contributed by atoms with van der Waals surface area (Å²) in [5.74, 6) is 0. The van der Waals surface area contributed by atoms with Gasteiger partial charge in [0.05, 0.1) is 5.52 Å². The van der Waals surface area contributed by atoms with Crippen molar-refractivity contribution < 1.29 is 0 Å². The van der Waals surface area contributed by atoms with Crippen molar-refractivity contribution >= 4 is 42.8 Å². The molecule has 0 atom stereocenters. The fraction of sp³-hybridized carbons (Fsp3) is 0.100. The van der Waals surface area contributed by atoms with Crippen molar-refractivity contribution in [3.05, 3.63) is 38.9 Å². The zero-order valence-electron chi connectivity index (χ0n) is 7.01. The van der Waals surface area contributed by atoms with Crippen LogP contribution in [0.15, 0.2) is 33.3 Å². The first kappa shape index (κ1) is 9.16. The minimum atomic E-state index is 1.02. The third-order valence-corrected chi connectivity index (χ3v) is 3.30. The standard InChI is InChI=1S/C10H7Br2N/c1-6-9(12)3-2-7-4-8(11)5-13-10(6)7/h2-5H,1H3. The van der Waals surface area contributed by atoms with E-state index in [1.54, 1.807) is 0 Å². The van der Waals surface area contributed by atoms with E-state index in [0.29, 0.717) is 0 Å². The highest BCUT2D eigenvalue weighted by atomic mass is 79.9. The van der Waals surface area contributed by atoms with E-state index in [1.807, 2.05) is 12.3 Å². The summed E-state index contributed by atoms with van der Waals surface area (Å²) >= 11 is 6.88. The van der Waals surface area contributed by atoms with Crippen molar-refractivity contribution in [3.8, 4) is 0 Å². The van der Waals surface area contributed by atoms with Crippen LogP contribution >= 0.6 is 31.9 Å². The predicted molar refractivity (Wildman–Crippen MR) is 61.9 cm³/mol. The van der Waals surface area contributed by atoms with Crippen molar-refractivity contribution in [1.82, 2.24) is 4.98 Å². The third-order valence-electron chi connectivity index (χ3n) is 2.01. The Morgan fingerprint density at radius 1 is 1.23 bits per heavy atom. The molecule has 0 amide bonds. The normalized spacial score (nSPS) is 10.7. The summed E-state index contributed by atoms with van der Waals surface area (Å²) in [6, 6.07) is 6.18. The summed E-state index contributed by atoms with van der Waals surface area (Å²) in [5, 5.41) is 1.16. The average Bonchev–Trinajstić information content (AvgIpc) is 2.12. The van der Waals surface area contributed by atoms with Gasteiger partial charge in [-0.05, 0) is 40.5 Å². The summed E-state index contributed by atoms with van der Waals surface area (Å²) in [5.41, 5.74) is 2.24. The summed E-state index contributed by atoms with van der Waals surface area (Å²) < 4.78 is 2.12. The molecule has 0 unspecified atom stereocenters. The van der Waals surface area contributed by atoms with Crippen molar-refractivity contribution in [2.24, 2.45) is 0 Å². The van der Waals surface area contributed by atoms with Crippen molar-refractivity contribution in [3.63, 3.8) is 0 Å². The van der Waals surface area contributed by atoms with Gasteiger partial charge in [-0.15, -0.1) is 0 Å². The molecule has 0 spiro atoms. The number of aryl methyl sites for hydroxylation is 1.